The lowest BCUT2D eigenvalue weighted by Crippen LogP contribution is -2.02. The molecule has 0 aromatic heterocycles. The van der Waals surface area contributed by atoms with Crippen LogP contribution in [0.3, 0.4) is 0 Å². The fourth-order valence-electron chi connectivity index (χ4n) is 1.18. The molecule has 0 spiro atoms. The fourth-order valence-corrected chi connectivity index (χ4v) is 2.06. The fraction of sp³-hybridized carbons (Fsp3) is 0.333. The van der Waals surface area contributed by atoms with E-state index in [2.05, 4.69) is 15.9 Å². The van der Waals surface area contributed by atoms with Crippen LogP contribution < -0.4 is 0 Å². The lowest BCUT2D eigenvalue weighted by atomic mass is 10.0. The Morgan fingerprint density at radius 1 is 1.58 bits per heavy atom. The predicted octanol–water partition coefficient (Wildman–Crippen LogP) is 3.35. The van der Waals surface area contributed by atoms with E-state index >= 15 is 0 Å². The molecule has 0 aliphatic carbocycles. The van der Waals surface area contributed by atoms with Crippen molar-refractivity contribution in [2.45, 2.75) is 12.5 Å². The van der Waals surface area contributed by atoms with Crippen LogP contribution in [0.25, 0.3) is 0 Å². The summed E-state index contributed by atoms with van der Waals surface area (Å²) < 4.78 is 6.30. The summed E-state index contributed by atoms with van der Waals surface area (Å²) in [5.41, 5.74) is 0.949. The molecular formula is C9H8BrClO. The Balaban J connectivity index is 2.45. The second-order valence-electron chi connectivity index (χ2n) is 3.14. The highest BCUT2D eigenvalue weighted by atomic mass is 79.9. The van der Waals surface area contributed by atoms with Crippen LogP contribution >= 0.6 is 27.5 Å². The molecule has 0 amide bonds. The smallest absolute Gasteiger partial charge is 0.115 e. The van der Waals surface area contributed by atoms with Gasteiger partial charge in [-0.3, -0.25) is 0 Å². The summed E-state index contributed by atoms with van der Waals surface area (Å²) in [5, 5.41) is 0.768. The van der Waals surface area contributed by atoms with Gasteiger partial charge in [0.2, 0.25) is 0 Å². The first-order valence-corrected chi connectivity index (χ1v) is 4.88. The van der Waals surface area contributed by atoms with Gasteiger partial charge < -0.3 is 4.74 Å². The number of hydrogen-bond donors (Lipinski definition) is 0. The third-order valence-corrected chi connectivity index (χ3v) is 2.88. The normalized spacial score (nSPS) is 27.2. The highest BCUT2D eigenvalue weighted by Gasteiger charge is 2.42. The van der Waals surface area contributed by atoms with E-state index in [1.807, 2.05) is 25.1 Å². The highest BCUT2D eigenvalue weighted by molar-refractivity contribution is 9.10. The average molecular weight is 248 g/mol. The number of ether oxygens (including phenoxy) is 1. The van der Waals surface area contributed by atoms with Crippen LogP contribution in [0, 0.1) is 0 Å². The van der Waals surface area contributed by atoms with Crippen molar-refractivity contribution in [1.29, 1.82) is 0 Å². The third-order valence-electron chi connectivity index (χ3n) is 2.08. The standard InChI is InChI=1S/C9H8BrClO/c1-9(5-12-9)7-3-2-6(10)4-8(7)11/h2-4H,5H2,1H3/t9-/m0/s1. The van der Waals surface area contributed by atoms with E-state index in [9.17, 15) is 0 Å². The molecular weight excluding hydrogens is 239 g/mol. The molecule has 1 heterocycles. The van der Waals surface area contributed by atoms with Gasteiger partial charge in [-0.15, -0.1) is 0 Å². The summed E-state index contributed by atoms with van der Waals surface area (Å²) in [7, 11) is 0. The first kappa shape index (κ1) is 8.54. The molecule has 0 radical (unpaired) electrons. The summed E-state index contributed by atoms with van der Waals surface area (Å²) >= 11 is 9.40. The number of rotatable bonds is 1. The van der Waals surface area contributed by atoms with Crippen molar-refractivity contribution >= 4 is 27.5 Å². The van der Waals surface area contributed by atoms with E-state index in [4.69, 9.17) is 16.3 Å². The minimum Gasteiger partial charge on any atom is -0.365 e. The van der Waals surface area contributed by atoms with Gasteiger partial charge in [-0.25, -0.2) is 0 Å². The van der Waals surface area contributed by atoms with Gasteiger partial charge in [-0.1, -0.05) is 33.6 Å². The van der Waals surface area contributed by atoms with Crippen molar-refractivity contribution in [1.82, 2.24) is 0 Å². The molecule has 1 aliphatic heterocycles. The summed E-state index contributed by atoms with van der Waals surface area (Å²) in [6.07, 6.45) is 0. The monoisotopic (exact) mass is 246 g/mol. The SMILES string of the molecule is C[C@@]1(c2ccc(Br)cc2Cl)CO1. The first-order valence-electron chi connectivity index (χ1n) is 3.71. The maximum Gasteiger partial charge on any atom is 0.115 e. The summed E-state index contributed by atoms with van der Waals surface area (Å²) in [6.45, 7) is 2.82. The Kier molecular flexibility index (Phi) is 1.94. The molecule has 3 heteroatoms. The molecule has 1 aromatic carbocycles. The second kappa shape index (κ2) is 2.72. The molecule has 1 aliphatic rings. The van der Waals surface area contributed by atoms with Crippen LogP contribution in [0.1, 0.15) is 12.5 Å². The third kappa shape index (κ3) is 1.39. The minimum absolute atomic E-state index is 0.127. The Morgan fingerprint density at radius 3 is 2.75 bits per heavy atom. The average Bonchev–Trinajstić information content (AvgIpc) is 2.68. The van der Waals surface area contributed by atoms with E-state index in [0.717, 1.165) is 21.7 Å². The van der Waals surface area contributed by atoms with Gasteiger partial charge in [0.25, 0.3) is 0 Å². The van der Waals surface area contributed by atoms with Crippen molar-refractivity contribution in [3.8, 4) is 0 Å². The Labute approximate surface area is 84.8 Å². The van der Waals surface area contributed by atoms with Gasteiger partial charge in [-0.05, 0) is 19.1 Å². The molecule has 0 bridgehead atoms. The molecule has 1 fully saturated rings. The maximum atomic E-state index is 6.04. The first-order chi connectivity index (χ1) is 5.62. The highest BCUT2D eigenvalue weighted by Crippen LogP contribution is 2.42. The molecule has 12 heavy (non-hydrogen) atoms. The zero-order valence-corrected chi connectivity index (χ0v) is 8.95. The number of benzene rings is 1. The lowest BCUT2D eigenvalue weighted by Gasteiger charge is -2.07. The molecule has 64 valence electrons. The van der Waals surface area contributed by atoms with Crippen LogP contribution in [-0.2, 0) is 10.3 Å². The molecule has 1 nitrogen and oxygen atoms in total. The van der Waals surface area contributed by atoms with E-state index in [1.165, 1.54) is 0 Å². The van der Waals surface area contributed by atoms with Gasteiger partial charge in [0, 0.05) is 15.1 Å². The van der Waals surface area contributed by atoms with Crippen LogP contribution in [0.2, 0.25) is 5.02 Å². The van der Waals surface area contributed by atoms with Crippen molar-refractivity contribution in [3.63, 3.8) is 0 Å². The van der Waals surface area contributed by atoms with E-state index in [1.54, 1.807) is 0 Å². The predicted molar refractivity (Wildman–Crippen MR) is 52.5 cm³/mol. The van der Waals surface area contributed by atoms with Crippen LogP contribution in [0.5, 0.6) is 0 Å². The Hall–Kier alpha value is -0.0500. The van der Waals surface area contributed by atoms with Gasteiger partial charge in [0.15, 0.2) is 0 Å². The zero-order chi connectivity index (χ0) is 8.77. The van der Waals surface area contributed by atoms with Crippen molar-refractivity contribution in [3.05, 3.63) is 33.3 Å². The number of hydrogen-bond acceptors (Lipinski definition) is 1. The van der Waals surface area contributed by atoms with E-state index < -0.39 is 0 Å². The lowest BCUT2D eigenvalue weighted by molar-refractivity contribution is 0.329. The molecule has 1 atom stereocenters. The van der Waals surface area contributed by atoms with E-state index in [0.29, 0.717) is 0 Å². The Bertz CT molecular complexity index is 320. The van der Waals surface area contributed by atoms with Gasteiger partial charge in [-0.2, -0.15) is 0 Å². The summed E-state index contributed by atoms with van der Waals surface area (Å²) in [5.74, 6) is 0. The quantitative estimate of drug-likeness (QED) is 0.694. The van der Waals surface area contributed by atoms with Gasteiger partial charge in [0.05, 0.1) is 6.61 Å². The Morgan fingerprint density at radius 2 is 2.25 bits per heavy atom. The summed E-state index contributed by atoms with van der Waals surface area (Å²) in [6, 6.07) is 5.87. The van der Waals surface area contributed by atoms with Gasteiger partial charge in [0.1, 0.15) is 5.60 Å². The zero-order valence-electron chi connectivity index (χ0n) is 6.60. The minimum atomic E-state index is -0.127. The maximum absolute atomic E-state index is 6.04. The summed E-state index contributed by atoms with van der Waals surface area (Å²) in [4.78, 5) is 0. The number of halogens is 2. The molecule has 0 N–H and O–H groups in total. The van der Waals surface area contributed by atoms with Crippen LogP contribution in [0.4, 0.5) is 0 Å². The van der Waals surface area contributed by atoms with Crippen molar-refractivity contribution < 1.29 is 4.74 Å². The molecule has 1 aromatic rings. The molecule has 0 saturated carbocycles. The van der Waals surface area contributed by atoms with Crippen molar-refractivity contribution in [2.24, 2.45) is 0 Å². The molecule has 2 rings (SSSR count). The van der Waals surface area contributed by atoms with E-state index in [-0.39, 0.29) is 5.60 Å². The van der Waals surface area contributed by atoms with Crippen LogP contribution in [-0.4, -0.2) is 6.61 Å². The van der Waals surface area contributed by atoms with Crippen LogP contribution in [0.15, 0.2) is 22.7 Å². The second-order valence-corrected chi connectivity index (χ2v) is 4.47. The largest absolute Gasteiger partial charge is 0.365 e. The van der Waals surface area contributed by atoms with Gasteiger partial charge >= 0.3 is 0 Å². The topological polar surface area (TPSA) is 12.5 Å². The number of epoxide rings is 1. The molecule has 0 unspecified atom stereocenters. The van der Waals surface area contributed by atoms with Crippen molar-refractivity contribution in [2.75, 3.05) is 6.61 Å². The molecule has 1 saturated heterocycles.